The summed E-state index contributed by atoms with van der Waals surface area (Å²) in [5.74, 6) is -0.770. The second-order valence-corrected chi connectivity index (χ2v) is 5.28. The molecule has 1 fully saturated rings. The largest absolute Gasteiger partial charge is 0.317 e. The van der Waals surface area contributed by atoms with Crippen molar-refractivity contribution in [2.75, 3.05) is 26.2 Å². The van der Waals surface area contributed by atoms with Gasteiger partial charge in [-0.05, 0) is 62.6 Å². The number of hydrogen-bond donors (Lipinski definition) is 1. The first-order valence-corrected chi connectivity index (χ1v) is 7.06. The minimum atomic E-state index is -0.770. The molecule has 1 aliphatic heterocycles. The Morgan fingerprint density at radius 3 is 2.50 bits per heavy atom. The molecule has 0 unspecified atom stereocenters. The molecular formula is C15H23ClF2N2. The van der Waals surface area contributed by atoms with E-state index in [-0.39, 0.29) is 12.4 Å². The van der Waals surface area contributed by atoms with Crippen LogP contribution in [0, 0.1) is 17.6 Å². The molecule has 0 atom stereocenters. The summed E-state index contributed by atoms with van der Waals surface area (Å²) in [6, 6.07) is 4.19. The van der Waals surface area contributed by atoms with Gasteiger partial charge < -0.3 is 5.32 Å². The van der Waals surface area contributed by atoms with Crippen molar-refractivity contribution in [2.45, 2.75) is 26.3 Å². The van der Waals surface area contributed by atoms with Crippen LogP contribution in [0.2, 0.25) is 0 Å². The van der Waals surface area contributed by atoms with Gasteiger partial charge in [0.1, 0.15) is 0 Å². The number of rotatable bonds is 5. The van der Waals surface area contributed by atoms with Gasteiger partial charge in [0.2, 0.25) is 0 Å². The van der Waals surface area contributed by atoms with Crippen LogP contribution in [0.3, 0.4) is 0 Å². The molecule has 1 aromatic rings. The maximum atomic E-state index is 13.1. The minimum Gasteiger partial charge on any atom is -0.317 e. The molecule has 0 saturated carbocycles. The van der Waals surface area contributed by atoms with Crippen molar-refractivity contribution < 1.29 is 8.78 Å². The van der Waals surface area contributed by atoms with Gasteiger partial charge in [-0.3, -0.25) is 4.90 Å². The second-order valence-electron chi connectivity index (χ2n) is 5.28. The lowest BCUT2D eigenvalue weighted by molar-refractivity contribution is 0.175. The summed E-state index contributed by atoms with van der Waals surface area (Å²) >= 11 is 0. The van der Waals surface area contributed by atoms with Crippen molar-refractivity contribution in [3.63, 3.8) is 0 Å². The molecule has 2 rings (SSSR count). The smallest absolute Gasteiger partial charge is 0.159 e. The molecule has 1 aromatic carbocycles. The Morgan fingerprint density at radius 1 is 1.20 bits per heavy atom. The Hall–Kier alpha value is -0.710. The van der Waals surface area contributed by atoms with Crippen molar-refractivity contribution in [1.82, 2.24) is 10.2 Å². The number of benzene rings is 1. The molecule has 0 aliphatic carbocycles. The number of hydrogen-bond acceptors (Lipinski definition) is 2. The number of nitrogens with one attached hydrogen (secondary N) is 1. The van der Waals surface area contributed by atoms with Crippen LogP contribution in [0.5, 0.6) is 0 Å². The molecule has 0 bridgehead atoms. The van der Waals surface area contributed by atoms with E-state index in [0.717, 1.165) is 37.7 Å². The molecule has 114 valence electrons. The van der Waals surface area contributed by atoms with Crippen molar-refractivity contribution in [2.24, 2.45) is 5.92 Å². The lowest BCUT2D eigenvalue weighted by Gasteiger charge is -2.32. The molecule has 2 nitrogen and oxygen atoms in total. The monoisotopic (exact) mass is 304 g/mol. The SMILES string of the molecule is CCNCC1CCN(Cc2ccc(F)c(F)c2)CC1.Cl. The van der Waals surface area contributed by atoms with E-state index in [1.807, 2.05) is 0 Å². The van der Waals surface area contributed by atoms with Gasteiger partial charge in [0, 0.05) is 6.54 Å². The zero-order valence-electron chi connectivity index (χ0n) is 11.9. The van der Waals surface area contributed by atoms with Crippen molar-refractivity contribution in [1.29, 1.82) is 0 Å². The highest BCUT2D eigenvalue weighted by Crippen LogP contribution is 2.19. The van der Waals surface area contributed by atoms with Crippen LogP contribution in [0.25, 0.3) is 0 Å². The number of halogens is 3. The fourth-order valence-electron chi connectivity index (χ4n) is 2.59. The maximum absolute atomic E-state index is 13.1. The summed E-state index contributed by atoms with van der Waals surface area (Å²) in [6.45, 7) is 7.03. The van der Waals surface area contributed by atoms with Crippen LogP contribution in [0.4, 0.5) is 8.78 Å². The first-order valence-electron chi connectivity index (χ1n) is 7.06. The Labute approximate surface area is 126 Å². The van der Waals surface area contributed by atoms with Crippen molar-refractivity contribution >= 4 is 12.4 Å². The fraction of sp³-hybridized carbons (Fsp3) is 0.600. The number of nitrogens with zero attached hydrogens (tertiary/aromatic N) is 1. The van der Waals surface area contributed by atoms with Crippen LogP contribution in [-0.4, -0.2) is 31.1 Å². The van der Waals surface area contributed by atoms with Gasteiger partial charge >= 0.3 is 0 Å². The summed E-state index contributed by atoms with van der Waals surface area (Å²) in [4.78, 5) is 2.31. The van der Waals surface area contributed by atoms with Crippen LogP contribution in [-0.2, 0) is 6.54 Å². The predicted molar refractivity (Wildman–Crippen MR) is 80.2 cm³/mol. The van der Waals surface area contributed by atoms with Gasteiger partial charge in [-0.1, -0.05) is 13.0 Å². The molecule has 1 aliphatic rings. The summed E-state index contributed by atoms with van der Waals surface area (Å²) in [6.07, 6.45) is 2.35. The zero-order chi connectivity index (χ0) is 13.7. The van der Waals surface area contributed by atoms with Crippen LogP contribution in [0.15, 0.2) is 18.2 Å². The Kier molecular flexibility index (Phi) is 7.41. The van der Waals surface area contributed by atoms with Gasteiger partial charge in [0.05, 0.1) is 0 Å². The Bertz CT molecular complexity index is 407. The average Bonchev–Trinajstić information content (AvgIpc) is 2.42. The van der Waals surface area contributed by atoms with Gasteiger partial charge in [0.25, 0.3) is 0 Å². The summed E-state index contributed by atoms with van der Waals surface area (Å²) in [7, 11) is 0. The summed E-state index contributed by atoms with van der Waals surface area (Å²) in [5.41, 5.74) is 0.851. The van der Waals surface area contributed by atoms with E-state index in [1.54, 1.807) is 6.07 Å². The molecule has 1 N–H and O–H groups in total. The molecule has 1 saturated heterocycles. The summed E-state index contributed by atoms with van der Waals surface area (Å²) < 4.78 is 26.0. The van der Waals surface area contributed by atoms with Crippen LogP contribution >= 0.6 is 12.4 Å². The van der Waals surface area contributed by atoms with Gasteiger partial charge in [-0.2, -0.15) is 0 Å². The normalized spacial score (nSPS) is 16.9. The third-order valence-corrected chi connectivity index (χ3v) is 3.78. The first kappa shape index (κ1) is 17.3. The Balaban J connectivity index is 0.00000200. The lowest BCUT2D eigenvalue weighted by Crippen LogP contribution is -2.36. The highest BCUT2D eigenvalue weighted by Gasteiger charge is 2.19. The predicted octanol–water partition coefficient (Wildman–Crippen LogP) is 3.21. The molecule has 0 amide bonds. The highest BCUT2D eigenvalue weighted by atomic mass is 35.5. The van der Waals surface area contributed by atoms with E-state index in [4.69, 9.17) is 0 Å². The molecule has 0 spiro atoms. The van der Waals surface area contributed by atoms with Gasteiger partial charge in [-0.15, -0.1) is 12.4 Å². The maximum Gasteiger partial charge on any atom is 0.159 e. The van der Waals surface area contributed by atoms with Crippen LogP contribution in [0.1, 0.15) is 25.3 Å². The first-order chi connectivity index (χ1) is 9.19. The Morgan fingerprint density at radius 2 is 1.90 bits per heavy atom. The molecule has 0 aromatic heterocycles. The van der Waals surface area contributed by atoms with E-state index in [9.17, 15) is 8.78 Å². The highest BCUT2D eigenvalue weighted by molar-refractivity contribution is 5.85. The van der Waals surface area contributed by atoms with Gasteiger partial charge in [0.15, 0.2) is 11.6 Å². The van der Waals surface area contributed by atoms with E-state index in [2.05, 4.69) is 17.1 Å². The molecule has 1 heterocycles. The van der Waals surface area contributed by atoms with Crippen molar-refractivity contribution in [3.05, 3.63) is 35.4 Å². The number of piperidine rings is 1. The van der Waals surface area contributed by atoms with E-state index in [1.165, 1.54) is 25.0 Å². The lowest BCUT2D eigenvalue weighted by atomic mass is 9.96. The van der Waals surface area contributed by atoms with Crippen molar-refractivity contribution in [3.8, 4) is 0 Å². The fourth-order valence-corrected chi connectivity index (χ4v) is 2.59. The van der Waals surface area contributed by atoms with E-state index >= 15 is 0 Å². The van der Waals surface area contributed by atoms with E-state index in [0.29, 0.717) is 6.54 Å². The van der Waals surface area contributed by atoms with E-state index < -0.39 is 11.6 Å². The molecule has 5 heteroatoms. The standard InChI is InChI=1S/C15H22F2N2.ClH/c1-2-18-10-12-5-7-19(8-6-12)11-13-3-4-14(16)15(17)9-13;/h3-4,9,12,18H,2,5-8,10-11H2,1H3;1H. The average molecular weight is 305 g/mol. The van der Waals surface area contributed by atoms with Gasteiger partial charge in [-0.25, -0.2) is 8.78 Å². The zero-order valence-corrected chi connectivity index (χ0v) is 12.7. The minimum absolute atomic E-state index is 0. The third-order valence-electron chi connectivity index (χ3n) is 3.78. The van der Waals surface area contributed by atoms with Crippen LogP contribution < -0.4 is 5.32 Å². The third kappa shape index (κ3) is 5.00. The quantitative estimate of drug-likeness (QED) is 0.898. The molecule has 20 heavy (non-hydrogen) atoms. The second kappa shape index (κ2) is 8.55. The molecular weight excluding hydrogens is 282 g/mol. The summed E-state index contributed by atoms with van der Waals surface area (Å²) in [5, 5.41) is 3.39. The topological polar surface area (TPSA) is 15.3 Å². The molecule has 0 radical (unpaired) electrons. The number of likely N-dealkylation sites (tertiary alicyclic amines) is 1.